The van der Waals surface area contributed by atoms with Crippen molar-refractivity contribution in [2.24, 2.45) is 0 Å². The predicted octanol–water partition coefficient (Wildman–Crippen LogP) is 0.403. The standard InChI is InChI=1S/C19H18O8/c20-13-14(21)16(17(23)24)26-19(15(13)22)27-18(25)12-8-6-11(7-9-12)10-4-2-1-3-5-10/h1-9,13-16,19-22H,(H,23,24)/t13-,14-,15+,16-,19-/m0/s1. The first-order valence-corrected chi connectivity index (χ1v) is 8.17. The fourth-order valence-electron chi connectivity index (χ4n) is 2.75. The van der Waals surface area contributed by atoms with Crippen LogP contribution in [0.5, 0.6) is 0 Å². The monoisotopic (exact) mass is 374 g/mol. The van der Waals surface area contributed by atoms with Crippen molar-refractivity contribution < 1.29 is 39.5 Å². The summed E-state index contributed by atoms with van der Waals surface area (Å²) in [7, 11) is 0. The average Bonchev–Trinajstić information content (AvgIpc) is 2.69. The molecule has 1 heterocycles. The summed E-state index contributed by atoms with van der Waals surface area (Å²) < 4.78 is 9.91. The molecule has 0 aliphatic carbocycles. The van der Waals surface area contributed by atoms with Crippen molar-refractivity contribution in [1.29, 1.82) is 0 Å². The van der Waals surface area contributed by atoms with E-state index in [1.807, 2.05) is 30.3 Å². The highest BCUT2D eigenvalue weighted by Gasteiger charge is 2.48. The molecule has 8 heteroatoms. The van der Waals surface area contributed by atoms with Crippen LogP contribution in [0.15, 0.2) is 54.6 Å². The highest BCUT2D eigenvalue weighted by atomic mass is 16.7. The molecule has 4 N–H and O–H groups in total. The highest BCUT2D eigenvalue weighted by molar-refractivity contribution is 5.90. The van der Waals surface area contributed by atoms with E-state index in [9.17, 15) is 24.9 Å². The van der Waals surface area contributed by atoms with Crippen LogP contribution in [0, 0.1) is 0 Å². The van der Waals surface area contributed by atoms with Crippen LogP contribution in [0.1, 0.15) is 10.4 Å². The van der Waals surface area contributed by atoms with Gasteiger partial charge in [-0.3, -0.25) is 0 Å². The summed E-state index contributed by atoms with van der Waals surface area (Å²) in [6, 6.07) is 15.9. The molecule has 0 amide bonds. The van der Waals surface area contributed by atoms with Crippen LogP contribution >= 0.6 is 0 Å². The summed E-state index contributed by atoms with van der Waals surface area (Å²) in [5.41, 5.74) is 1.99. The molecule has 1 saturated heterocycles. The van der Waals surface area contributed by atoms with Crippen LogP contribution < -0.4 is 0 Å². The number of ether oxygens (including phenoxy) is 2. The number of carbonyl (C=O) groups is 2. The lowest BCUT2D eigenvalue weighted by atomic mass is 9.99. The Kier molecular flexibility index (Phi) is 5.52. The van der Waals surface area contributed by atoms with Gasteiger partial charge in [0.1, 0.15) is 18.3 Å². The first-order chi connectivity index (χ1) is 12.9. The van der Waals surface area contributed by atoms with E-state index in [-0.39, 0.29) is 5.56 Å². The van der Waals surface area contributed by atoms with E-state index in [4.69, 9.17) is 14.6 Å². The van der Waals surface area contributed by atoms with Crippen molar-refractivity contribution in [3.05, 3.63) is 60.2 Å². The summed E-state index contributed by atoms with van der Waals surface area (Å²) in [4.78, 5) is 23.3. The molecule has 0 radical (unpaired) electrons. The Morgan fingerprint density at radius 2 is 1.41 bits per heavy atom. The zero-order valence-corrected chi connectivity index (χ0v) is 14.0. The third-order valence-corrected chi connectivity index (χ3v) is 4.26. The van der Waals surface area contributed by atoms with Gasteiger partial charge in [-0.15, -0.1) is 0 Å². The maximum atomic E-state index is 12.3. The summed E-state index contributed by atoms with van der Waals surface area (Å²) in [6.07, 6.45) is -9.04. The number of rotatable bonds is 4. The molecule has 0 bridgehead atoms. The minimum atomic E-state index is -1.85. The molecule has 1 fully saturated rings. The predicted molar refractivity (Wildman–Crippen MR) is 91.6 cm³/mol. The van der Waals surface area contributed by atoms with Gasteiger partial charge in [-0.25, -0.2) is 9.59 Å². The molecule has 0 aromatic heterocycles. The van der Waals surface area contributed by atoms with E-state index in [0.29, 0.717) is 0 Å². The third kappa shape index (κ3) is 3.99. The number of carboxylic acid groups (broad SMARTS) is 1. The molecular weight excluding hydrogens is 356 g/mol. The topological polar surface area (TPSA) is 134 Å². The van der Waals surface area contributed by atoms with Crippen molar-refractivity contribution >= 4 is 11.9 Å². The first kappa shape index (κ1) is 19.0. The Balaban J connectivity index is 1.72. The van der Waals surface area contributed by atoms with Crippen LogP contribution in [-0.4, -0.2) is 63.1 Å². The minimum absolute atomic E-state index is 0.151. The van der Waals surface area contributed by atoms with Gasteiger partial charge in [0.05, 0.1) is 5.56 Å². The summed E-state index contributed by atoms with van der Waals surface area (Å²) in [5.74, 6) is -2.42. The van der Waals surface area contributed by atoms with Gasteiger partial charge in [0.25, 0.3) is 0 Å². The average molecular weight is 374 g/mol. The molecule has 0 saturated carbocycles. The van der Waals surface area contributed by atoms with Crippen LogP contribution in [-0.2, 0) is 14.3 Å². The molecule has 2 aromatic carbocycles. The number of aliphatic hydroxyl groups excluding tert-OH is 3. The molecule has 1 aliphatic rings. The number of carbonyl (C=O) groups excluding carboxylic acids is 1. The normalized spacial score (nSPS) is 27.7. The lowest BCUT2D eigenvalue weighted by molar-refractivity contribution is -0.278. The Hall–Kier alpha value is -2.78. The summed E-state index contributed by atoms with van der Waals surface area (Å²) in [6.45, 7) is 0. The van der Waals surface area contributed by atoms with Crippen LogP contribution in [0.4, 0.5) is 0 Å². The molecule has 0 spiro atoms. The largest absolute Gasteiger partial charge is 0.479 e. The SMILES string of the molecule is O=C(O[C@@H]1O[C@H](C(=O)O)[C@@H](O)[C@H](O)[C@H]1O)c1ccc(-c2ccccc2)cc1. The van der Waals surface area contributed by atoms with E-state index in [2.05, 4.69) is 0 Å². The van der Waals surface area contributed by atoms with Gasteiger partial charge in [0, 0.05) is 0 Å². The quantitative estimate of drug-likeness (QED) is 0.565. The maximum Gasteiger partial charge on any atom is 0.340 e. The van der Waals surface area contributed by atoms with E-state index in [1.165, 1.54) is 12.1 Å². The van der Waals surface area contributed by atoms with Gasteiger partial charge in [-0.1, -0.05) is 42.5 Å². The molecule has 8 nitrogen and oxygen atoms in total. The molecule has 3 rings (SSSR count). The fraction of sp³-hybridized carbons (Fsp3) is 0.263. The van der Waals surface area contributed by atoms with Crippen molar-refractivity contribution in [3.63, 3.8) is 0 Å². The van der Waals surface area contributed by atoms with Gasteiger partial charge < -0.3 is 29.9 Å². The Labute approximate surface area is 154 Å². The van der Waals surface area contributed by atoms with Gasteiger partial charge in [-0.2, -0.15) is 0 Å². The Bertz CT molecular complexity index is 804. The van der Waals surface area contributed by atoms with Crippen LogP contribution in [0.25, 0.3) is 11.1 Å². The molecule has 142 valence electrons. The lowest BCUT2D eigenvalue weighted by Crippen LogP contribution is -2.60. The number of benzene rings is 2. The van der Waals surface area contributed by atoms with E-state index in [1.54, 1.807) is 12.1 Å². The van der Waals surface area contributed by atoms with Crippen molar-refractivity contribution in [1.82, 2.24) is 0 Å². The number of aliphatic carboxylic acids is 1. The van der Waals surface area contributed by atoms with Gasteiger partial charge in [-0.05, 0) is 23.3 Å². The third-order valence-electron chi connectivity index (χ3n) is 4.26. The van der Waals surface area contributed by atoms with Crippen molar-refractivity contribution in [2.45, 2.75) is 30.7 Å². The second-order valence-electron chi connectivity index (χ2n) is 6.08. The van der Waals surface area contributed by atoms with E-state index in [0.717, 1.165) is 11.1 Å². The van der Waals surface area contributed by atoms with E-state index >= 15 is 0 Å². The van der Waals surface area contributed by atoms with Crippen molar-refractivity contribution in [2.75, 3.05) is 0 Å². The number of hydrogen-bond acceptors (Lipinski definition) is 7. The van der Waals surface area contributed by atoms with Gasteiger partial charge in [0.15, 0.2) is 6.10 Å². The second kappa shape index (κ2) is 7.85. The van der Waals surface area contributed by atoms with E-state index < -0.39 is 42.6 Å². The molecule has 2 aromatic rings. The van der Waals surface area contributed by atoms with Crippen LogP contribution in [0.3, 0.4) is 0 Å². The first-order valence-electron chi connectivity index (χ1n) is 8.17. The minimum Gasteiger partial charge on any atom is -0.479 e. The number of hydrogen-bond donors (Lipinski definition) is 4. The van der Waals surface area contributed by atoms with Gasteiger partial charge >= 0.3 is 11.9 Å². The molecule has 5 atom stereocenters. The smallest absolute Gasteiger partial charge is 0.340 e. The molecular formula is C19H18O8. The zero-order valence-electron chi connectivity index (χ0n) is 14.0. The second-order valence-corrected chi connectivity index (χ2v) is 6.08. The maximum absolute atomic E-state index is 12.3. The number of carboxylic acids is 1. The Morgan fingerprint density at radius 3 is 2.00 bits per heavy atom. The summed E-state index contributed by atoms with van der Waals surface area (Å²) >= 11 is 0. The molecule has 0 unspecified atom stereocenters. The molecule has 27 heavy (non-hydrogen) atoms. The zero-order chi connectivity index (χ0) is 19.6. The lowest BCUT2D eigenvalue weighted by Gasteiger charge is -2.37. The summed E-state index contributed by atoms with van der Waals surface area (Å²) in [5, 5.41) is 38.3. The number of esters is 1. The molecule has 1 aliphatic heterocycles. The number of aliphatic hydroxyl groups is 3. The van der Waals surface area contributed by atoms with Crippen molar-refractivity contribution in [3.8, 4) is 11.1 Å². The Morgan fingerprint density at radius 1 is 0.815 bits per heavy atom. The highest BCUT2D eigenvalue weighted by Crippen LogP contribution is 2.24. The van der Waals surface area contributed by atoms with Gasteiger partial charge in [0.2, 0.25) is 6.29 Å². The fourth-order valence-corrected chi connectivity index (χ4v) is 2.75. The van der Waals surface area contributed by atoms with Crippen LogP contribution in [0.2, 0.25) is 0 Å².